The third kappa shape index (κ3) is 3.27. The Kier molecular flexibility index (Phi) is 4.24. The van der Waals surface area contributed by atoms with Gasteiger partial charge in [0.1, 0.15) is 5.82 Å². The largest absolute Gasteiger partial charge is 0.493 e. The Morgan fingerprint density at radius 2 is 2.10 bits per heavy atom. The van der Waals surface area contributed by atoms with Crippen molar-refractivity contribution in [2.75, 3.05) is 5.75 Å². The van der Waals surface area contributed by atoms with Gasteiger partial charge in [-0.3, -0.25) is 9.36 Å². The van der Waals surface area contributed by atoms with Gasteiger partial charge in [-0.25, -0.2) is 4.39 Å². The van der Waals surface area contributed by atoms with E-state index in [4.69, 9.17) is 0 Å². The van der Waals surface area contributed by atoms with Gasteiger partial charge in [-0.15, -0.1) is 0 Å². The van der Waals surface area contributed by atoms with Crippen molar-refractivity contribution in [3.63, 3.8) is 0 Å². The summed E-state index contributed by atoms with van der Waals surface area (Å²) >= 11 is 1.28. The molecule has 1 N–H and O–H groups in total. The van der Waals surface area contributed by atoms with Crippen LogP contribution < -0.4 is 5.56 Å². The number of halogens is 1. The van der Waals surface area contributed by atoms with Crippen molar-refractivity contribution in [2.24, 2.45) is 7.05 Å². The van der Waals surface area contributed by atoms with Crippen LogP contribution in [0.2, 0.25) is 0 Å². The Bertz CT molecular complexity index is 695. The highest BCUT2D eigenvalue weighted by molar-refractivity contribution is 7.99. The van der Waals surface area contributed by atoms with E-state index in [2.05, 4.69) is 11.6 Å². The van der Waals surface area contributed by atoms with Crippen molar-refractivity contribution in [2.45, 2.75) is 5.16 Å². The number of hydrogen-bond donors (Lipinski definition) is 1. The molecule has 0 atom stereocenters. The summed E-state index contributed by atoms with van der Waals surface area (Å²) in [5.41, 5.74) is 1.28. The quantitative estimate of drug-likeness (QED) is 0.694. The van der Waals surface area contributed by atoms with Crippen LogP contribution in [0.3, 0.4) is 0 Å². The van der Waals surface area contributed by atoms with Crippen molar-refractivity contribution >= 4 is 17.3 Å². The summed E-state index contributed by atoms with van der Waals surface area (Å²) < 4.78 is 14.2. The normalized spacial score (nSPS) is 10.5. The van der Waals surface area contributed by atoms with Crippen LogP contribution >= 0.6 is 11.8 Å². The maximum atomic E-state index is 12.8. The van der Waals surface area contributed by atoms with Crippen LogP contribution in [0, 0.1) is 5.82 Å². The van der Waals surface area contributed by atoms with E-state index >= 15 is 0 Å². The van der Waals surface area contributed by atoms with Crippen LogP contribution in [0.5, 0.6) is 5.88 Å². The number of thioether (sulfide) groups is 1. The van der Waals surface area contributed by atoms with E-state index in [0.717, 1.165) is 17.2 Å². The second-order valence-corrected chi connectivity index (χ2v) is 5.14. The summed E-state index contributed by atoms with van der Waals surface area (Å²) in [5.74, 6) is -0.121. The fourth-order valence-corrected chi connectivity index (χ4v) is 2.47. The standard InChI is InChI=1S/C14H13FN2O2S/c1-9(10-3-5-11(15)6-4-10)8-20-14-16-12(18)7-13(19)17(14)2/h3-7,18H,1,8H2,2H3. The molecule has 2 aromatic rings. The molecule has 0 saturated heterocycles. The molecule has 0 aliphatic carbocycles. The summed E-state index contributed by atoms with van der Waals surface area (Å²) in [4.78, 5) is 15.4. The molecular weight excluding hydrogens is 279 g/mol. The Balaban J connectivity index is 2.11. The topological polar surface area (TPSA) is 55.1 Å². The molecule has 0 amide bonds. The number of hydrogen-bond acceptors (Lipinski definition) is 4. The number of benzene rings is 1. The zero-order valence-electron chi connectivity index (χ0n) is 10.8. The molecule has 0 saturated carbocycles. The summed E-state index contributed by atoms with van der Waals surface area (Å²) in [7, 11) is 1.58. The van der Waals surface area contributed by atoms with Crippen LogP contribution in [0.25, 0.3) is 5.57 Å². The van der Waals surface area contributed by atoms with E-state index in [0.29, 0.717) is 10.9 Å². The molecule has 0 unspecified atom stereocenters. The first-order valence-electron chi connectivity index (χ1n) is 5.81. The van der Waals surface area contributed by atoms with E-state index < -0.39 is 0 Å². The third-order valence-corrected chi connectivity index (χ3v) is 3.82. The van der Waals surface area contributed by atoms with E-state index in [1.54, 1.807) is 19.2 Å². The SMILES string of the molecule is C=C(CSc1nc(O)cc(=O)n1C)c1ccc(F)cc1. The maximum Gasteiger partial charge on any atom is 0.257 e. The van der Waals surface area contributed by atoms with Gasteiger partial charge in [0, 0.05) is 12.8 Å². The van der Waals surface area contributed by atoms with Gasteiger partial charge < -0.3 is 5.11 Å². The summed E-state index contributed by atoms with van der Waals surface area (Å²) in [6.07, 6.45) is 0. The first kappa shape index (κ1) is 14.3. The fourth-order valence-electron chi connectivity index (χ4n) is 1.56. The molecule has 0 bridgehead atoms. The summed E-state index contributed by atoms with van der Waals surface area (Å²) in [6.45, 7) is 3.92. The number of aromatic nitrogens is 2. The zero-order chi connectivity index (χ0) is 14.7. The van der Waals surface area contributed by atoms with Crippen molar-refractivity contribution in [1.29, 1.82) is 0 Å². The second-order valence-electron chi connectivity index (χ2n) is 4.19. The van der Waals surface area contributed by atoms with Crippen LogP contribution in [0.1, 0.15) is 5.56 Å². The van der Waals surface area contributed by atoms with Crippen LogP contribution in [0.15, 0.2) is 46.9 Å². The van der Waals surface area contributed by atoms with Gasteiger partial charge in [-0.05, 0) is 23.3 Å². The van der Waals surface area contributed by atoms with Gasteiger partial charge >= 0.3 is 0 Å². The average Bonchev–Trinajstić information content (AvgIpc) is 2.41. The lowest BCUT2D eigenvalue weighted by Gasteiger charge is -2.08. The molecule has 0 spiro atoms. The van der Waals surface area contributed by atoms with Gasteiger partial charge in [-0.1, -0.05) is 30.5 Å². The van der Waals surface area contributed by atoms with Crippen molar-refractivity contribution < 1.29 is 9.50 Å². The minimum atomic E-state index is -0.326. The van der Waals surface area contributed by atoms with Crippen molar-refractivity contribution in [3.05, 3.63) is 58.6 Å². The predicted molar refractivity (Wildman–Crippen MR) is 77.3 cm³/mol. The lowest BCUT2D eigenvalue weighted by Crippen LogP contribution is -2.18. The Morgan fingerprint density at radius 1 is 1.45 bits per heavy atom. The molecule has 0 fully saturated rings. The van der Waals surface area contributed by atoms with E-state index in [9.17, 15) is 14.3 Å². The summed E-state index contributed by atoms with van der Waals surface area (Å²) in [5, 5.41) is 9.73. The maximum absolute atomic E-state index is 12.8. The molecule has 104 valence electrons. The molecule has 0 aliphatic heterocycles. The van der Waals surface area contributed by atoms with E-state index in [-0.39, 0.29) is 17.3 Å². The second kappa shape index (κ2) is 5.92. The van der Waals surface area contributed by atoms with Gasteiger partial charge in [0.15, 0.2) is 5.16 Å². The molecule has 4 nitrogen and oxygen atoms in total. The van der Waals surface area contributed by atoms with Gasteiger partial charge in [0.25, 0.3) is 5.56 Å². The predicted octanol–water partition coefficient (Wildman–Crippen LogP) is 2.43. The van der Waals surface area contributed by atoms with Crippen LogP contribution in [0.4, 0.5) is 4.39 Å². The molecule has 1 heterocycles. The first-order chi connectivity index (χ1) is 9.47. The molecular formula is C14H13FN2O2S. The minimum absolute atomic E-state index is 0.300. The minimum Gasteiger partial charge on any atom is -0.493 e. The Morgan fingerprint density at radius 3 is 2.75 bits per heavy atom. The Hall–Kier alpha value is -2.08. The lowest BCUT2D eigenvalue weighted by molar-refractivity contribution is 0.437. The average molecular weight is 292 g/mol. The zero-order valence-corrected chi connectivity index (χ0v) is 11.7. The fraction of sp³-hybridized carbons (Fsp3) is 0.143. The molecule has 2 rings (SSSR count). The van der Waals surface area contributed by atoms with E-state index in [1.807, 2.05) is 0 Å². The molecule has 6 heteroatoms. The van der Waals surface area contributed by atoms with Crippen molar-refractivity contribution in [1.82, 2.24) is 9.55 Å². The van der Waals surface area contributed by atoms with E-state index in [1.165, 1.54) is 28.5 Å². The molecule has 1 aromatic carbocycles. The Labute approximate surface area is 119 Å². The van der Waals surface area contributed by atoms with Crippen molar-refractivity contribution in [3.8, 4) is 5.88 Å². The highest BCUT2D eigenvalue weighted by atomic mass is 32.2. The van der Waals surface area contributed by atoms with Crippen LogP contribution in [-0.4, -0.2) is 20.4 Å². The number of rotatable bonds is 4. The monoisotopic (exact) mass is 292 g/mol. The van der Waals surface area contributed by atoms with Gasteiger partial charge in [0.2, 0.25) is 5.88 Å². The molecule has 0 radical (unpaired) electrons. The number of nitrogens with zero attached hydrogens (tertiary/aromatic N) is 2. The smallest absolute Gasteiger partial charge is 0.257 e. The molecule has 20 heavy (non-hydrogen) atoms. The first-order valence-corrected chi connectivity index (χ1v) is 6.79. The van der Waals surface area contributed by atoms with Gasteiger partial charge in [0.05, 0.1) is 6.07 Å². The highest BCUT2D eigenvalue weighted by Gasteiger charge is 2.07. The number of aromatic hydroxyl groups is 1. The van der Waals surface area contributed by atoms with Gasteiger partial charge in [-0.2, -0.15) is 4.98 Å². The molecule has 1 aromatic heterocycles. The van der Waals surface area contributed by atoms with Crippen LogP contribution in [-0.2, 0) is 7.05 Å². The lowest BCUT2D eigenvalue weighted by atomic mass is 10.1. The summed E-state index contributed by atoms with van der Waals surface area (Å²) in [6, 6.07) is 7.08. The third-order valence-electron chi connectivity index (χ3n) is 2.71. The highest BCUT2D eigenvalue weighted by Crippen LogP contribution is 2.23. The molecule has 0 aliphatic rings.